The van der Waals surface area contributed by atoms with Crippen LogP contribution in [0.15, 0.2) is 12.3 Å². The van der Waals surface area contributed by atoms with Gasteiger partial charge < -0.3 is 5.32 Å². The van der Waals surface area contributed by atoms with Gasteiger partial charge in [-0.15, -0.1) is 0 Å². The lowest BCUT2D eigenvalue weighted by molar-refractivity contribution is 0.465. The first-order valence-electron chi connectivity index (χ1n) is 5.98. The standard InChI is InChI=1S/C12H23N3/c1-4-11(13-5-2)7-6-8-12-9-10-15(3)14-12/h9-11,13H,4-8H2,1-3H3. The maximum Gasteiger partial charge on any atom is 0.0624 e. The summed E-state index contributed by atoms with van der Waals surface area (Å²) in [6.45, 7) is 5.48. The van der Waals surface area contributed by atoms with Crippen LogP contribution in [-0.4, -0.2) is 22.4 Å². The van der Waals surface area contributed by atoms with Crippen molar-refractivity contribution in [3.05, 3.63) is 18.0 Å². The van der Waals surface area contributed by atoms with Crippen molar-refractivity contribution < 1.29 is 0 Å². The molecule has 0 aromatic carbocycles. The van der Waals surface area contributed by atoms with Crippen molar-refractivity contribution in [2.75, 3.05) is 6.54 Å². The van der Waals surface area contributed by atoms with Crippen LogP contribution >= 0.6 is 0 Å². The number of nitrogens with one attached hydrogen (secondary N) is 1. The molecule has 0 fully saturated rings. The van der Waals surface area contributed by atoms with Crippen LogP contribution in [-0.2, 0) is 13.5 Å². The van der Waals surface area contributed by atoms with E-state index in [9.17, 15) is 0 Å². The van der Waals surface area contributed by atoms with E-state index < -0.39 is 0 Å². The molecule has 0 amide bonds. The molecule has 1 atom stereocenters. The van der Waals surface area contributed by atoms with Gasteiger partial charge in [0.05, 0.1) is 5.69 Å². The zero-order valence-electron chi connectivity index (χ0n) is 10.2. The Bertz CT molecular complexity index is 268. The van der Waals surface area contributed by atoms with Crippen molar-refractivity contribution >= 4 is 0 Å². The van der Waals surface area contributed by atoms with E-state index in [1.807, 2.05) is 17.9 Å². The Morgan fingerprint density at radius 3 is 2.80 bits per heavy atom. The molecule has 86 valence electrons. The maximum absolute atomic E-state index is 4.38. The third-order valence-electron chi connectivity index (χ3n) is 2.74. The van der Waals surface area contributed by atoms with Crippen molar-refractivity contribution in [1.29, 1.82) is 0 Å². The second kappa shape index (κ2) is 6.62. The molecular formula is C12H23N3. The average Bonchev–Trinajstić information content (AvgIpc) is 2.63. The van der Waals surface area contributed by atoms with Gasteiger partial charge in [0.2, 0.25) is 0 Å². The molecule has 1 N–H and O–H groups in total. The largest absolute Gasteiger partial charge is 0.314 e. The van der Waals surface area contributed by atoms with E-state index in [1.165, 1.54) is 25.0 Å². The van der Waals surface area contributed by atoms with Crippen molar-refractivity contribution in [1.82, 2.24) is 15.1 Å². The first kappa shape index (κ1) is 12.2. The Kier molecular flexibility index (Phi) is 5.40. The zero-order chi connectivity index (χ0) is 11.1. The third kappa shape index (κ3) is 4.47. The van der Waals surface area contributed by atoms with Crippen LogP contribution in [0.3, 0.4) is 0 Å². The summed E-state index contributed by atoms with van der Waals surface area (Å²) in [5.74, 6) is 0. The monoisotopic (exact) mass is 209 g/mol. The van der Waals surface area contributed by atoms with Gasteiger partial charge in [0.25, 0.3) is 0 Å². The molecule has 0 aliphatic rings. The number of hydrogen-bond donors (Lipinski definition) is 1. The molecule has 1 rings (SSSR count). The molecule has 1 heterocycles. The van der Waals surface area contributed by atoms with E-state index in [2.05, 4.69) is 30.3 Å². The van der Waals surface area contributed by atoms with Crippen LogP contribution in [0.5, 0.6) is 0 Å². The summed E-state index contributed by atoms with van der Waals surface area (Å²) < 4.78 is 1.87. The third-order valence-corrected chi connectivity index (χ3v) is 2.74. The SMILES string of the molecule is CCNC(CC)CCCc1ccn(C)n1. The van der Waals surface area contributed by atoms with Crippen molar-refractivity contribution in [3.8, 4) is 0 Å². The lowest BCUT2D eigenvalue weighted by Gasteiger charge is -2.14. The molecule has 1 unspecified atom stereocenters. The predicted molar refractivity (Wildman–Crippen MR) is 63.9 cm³/mol. The smallest absolute Gasteiger partial charge is 0.0624 e. The molecule has 0 aliphatic carbocycles. The minimum atomic E-state index is 0.679. The fourth-order valence-corrected chi connectivity index (χ4v) is 1.87. The van der Waals surface area contributed by atoms with Gasteiger partial charge in [0, 0.05) is 19.3 Å². The lowest BCUT2D eigenvalue weighted by atomic mass is 10.1. The van der Waals surface area contributed by atoms with E-state index in [4.69, 9.17) is 0 Å². The minimum Gasteiger partial charge on any atom is -0.314 e. The number of nitrogens with zero attached hydrogens (tertiary/aromatic N) is 2. The molecule has 15 heavy (non-hydrogen) atoms. The number of rotatable bonds is 7. The van der Waals surface area contributed by atoms with Crippen molar-refractivity contribution in [2.45, 2.75) is 45.6 Å². The van der Waals surface area contributed by atoms with Crippen molar-refractivity contribution in [3.63, 3.8) is 0 Å². The highest BCUT2D eigenvalue weighted by atomic mass is 15.2. The van der Waals surface area contributed by atoms with Crippen LogP contribution in [0.25, 0.3) is 0 Å². The summed E-state index contributed by atoms with van der Waals surface area (Å²) in [5.41, 5.74) is 1.21. The highest BCUT2D eigenvalue weighted by Crippen LogP contribution is 2.06. The quantitative estimate of drug-likeness (QED) is 0.745. The Hall–Kier alpha value is -0.830. The van der Waals surface area contributed by atoms with Gasteiger partial charge in [-0.1, -0.05) is 13.8 Å². The van der Waals surface area contributed by atoms with Crippen LogP contribution in [0.1, 0.15) is 38.8 Å². The molecule has 0 radical (unpaired) electrons. The fourth-order valence-electron chi connectivity index (χ4n) is 1.87. The topological polar surface area (TPSA) is 29.9 Å². The van der Waals surface area contributed by atoms with Gasteiger partial charge in [-0.05, 0) is 38.3 Å². The first-order chi connectivity index (χ1) is 7.26. The van der Waals surface area contributed by atoms with Gasteiger partial charge in [-0.25, -0.2) is 0 Å². The minimum absolute atomic E-state index is 0.679. The Labute approximate surface area is 92.9 Å². The molecule has 3 nitrogen and oxygen atoms in total. The lowest BCUT2D eigenvalue weighted by Crippen LogP contribution is -2.28. The predicted octanol–water partition coefficient (Wildman–Crippen LogP) is 2.13. The van der Waals surface area contributed by atoms with E-state index in [1.54, 1.807) is 0 Å². The van der Waals surface area contributed by atoms with Crippen LogP contribution < -0.4 is 5.32 Å². The summed E-state index contributed by atoms with van der Waals surface area (Å²) in [6.07, 6.45) is 6.80. The van der Waals surface area contributed by atoms with Gasteiger partial charge in [-0.3, -0.25) is 4.68 Å². The molecule has 0 aliphatic heterocycles. The van der Waals surface area contributed by atoms with E-state index in [0.29, 0.717) is 6.04 Å². The average molecular weight is 209 g/mol. The Morgan fingerprint density at radius 1 is 1.47 bits per heavy atom. The van der Waals surface area contributed by atoms with E-state index >= 15 is 0 Å². The molecule has 0 saturated carbocycles. The molecule has 1 aromatic heterocycles. The summed E-state index contributed by atoms with van der Waals surface area (Å²) in [7, 11) is 1.97. The normalized spacial score (nSPS) is 13.0. The Morgan fingerprint density at radius 2 is 2.27 bits per heavy atom. The second-order valence-electron chi connectivity index (χ2n) is 4.04. The number of aryl methyl sites for hydroxylation is 2. The van der Waals surface area contributed by atoms with Gasteiger partial charge in [-0.2, -0.15) is 5.10 Å². The summed E-state index contributed by atoms with van der Waals surface area (Å²) in [4.78, 5) is 0. The van der Waals surface area contributed by atoms with Crippen LogP contribution in [0.2, 0.25) is 0 Å². The number of aromatic nitrogens is 2. The fraction of sp³-hybridized carbons (Fsp3) is 0.750. The molecule has 0 saturated heterocycles. The number of hydrogen-bond acceptors (Lipinski definition) is 2. The molecular weight excluding hydrogens is 186 g/mol. The van der Waals surface area contributed by atoms with Crippen LogP contribution in [0, 0.1) is 0 Å². The molecule has 0 spiro atoms. The zero-order valence-corrected chi connectivity index (χ0v) is 10.2. The highest BCUT2D eigenvalue weighted by molar-refractivity contribution is 4.98. The van der Waals surface area contributed by atoms with Gasteiger partial charge in [0.15, 0.2) is 0 Å². The first-order valence-corrected chi connectivity index (χ1v) is 5.98. The Balaban J connectivity index is 2.20. The van der Waals surface area contributed by atoms with Gasteiger partial charge >= 0.3 is 0 Å². The highest BCUT2D eigenvalue weighted by Gasteiger charge is 2.04. The van der Waals surface area contributed by atoms with E-state index in [0.717, 1.165) is 13.0 Å². The molecule has 1 aromatic rings. The van der Waals surface area contributed by atoms with E-state index in [-0.39, 0.29) is 0 Å². The molecule has 3 heteroatoms. The molecule has 0 bridgehead atoms. The van der Waals surface area contributed by atoms with Crippen LogP contribution in [0.4, 0.5) is 0 Å². The van der Waals surface area contributed by atoms with Gasteiger partial charge in [0.1, 0.15) is 0 Å². The summed E-state index contributed by atoms with van der Waals surface area (Å²) in [5, 5.41) is 7.87. The maximum atomic E-state index is 4.38. The van der Waals surface area contributed by atoms with Crippen molar-refractivity contribution in [2.24, 2.45) is 7.05 Å². The summed E-state index contributed by atoms with van der Waals surface area (Å²) in [6, 6.07) is 2.78. The summed E-state index contributed by atoms with van der Waals surface area (Å²) >= 11 is 0. The second-order valence-corrected chi connectivity index (χ2v) is 4.04.